The predicted molar refractivity (Wildman–Crippen MR) is 132 cm³/mol. The number of fused-ring (bicyclic) bond motifs is 2. The second-order valence-corrected chi connectivity index (χ2v) is 11.4. The molecule has 2 aliphatic heterocycles. The van der Waals surface area contributed by atoms with Gasteiger partial charge in [0.1, 0.15) is 22.1 Å². The van der Waals surface area contributed by atoms with Crippen molar-refractivity contribution < 1.29 is 19.1 Å². The minimum atomic E-state index is -0.668. The molecule has 34 heavy (non-hydrogen) atoms. The van der Waals surface area contributed by atoms with Gasteiger partial charge in [0.25, 0.3) is 0 Å². The number of nitrogens with one attached hydrogen (secondary N) is 1. The number of ether oxygens (including phenoxy) is 1. The summed E-state index contributed by atoms with van der Waals surface area (Å²) < 4.78 is 6.22. The van der Waals surface area contributed by atoms with Crippen LogP contribution in [0.5, 0.6) is 0 Å². The summed E-state index contributed by atoms with van der Waals surface area (Å²) in [6, 6.07) is 2.84. The first-order valence-electron chi connectivity index (χ1n) is 11.9. The highest BCUT2D eigenvalue weighted by Gasteiger charge is 2.66. The van der Waals surface area contributed by atoms with Gasteiger partial charge in [-0.15, -0.1) is 0 Å². The Kier molecular flexibility index (Phi) is 6.77. The molecule has 3 aliphatic rings. The highest BCUT2D eigenvalue weighted by atomic mass is 79.9. The summed E-state index contributed by atoms with van der Waals surface area (Å²) in [5.74, 6) is -0.00758. The van der Waals surface area contributed by atoms with Gasteiger partial charge in [-0.1, -0.05) is 18.2 Å². The molecule has 9 heteroatoms. The van der Waals surface area contributed by atoms with E-state index >= 15 is 0 Å². The van der Waals surface area contributed by atoms with Gasteiger partial charge in [-0.3, -0.25) is 14.5 Å². The van der Waals surface area contributed by atoms with Crippen molar-refractivity contribution in [3.8, 4) is 0 Å². The molecule has 2 fully saturated rings. The van der Waals surface area contributed by atoms with E-state index in [0.717, 1.165) is 25.7 Å². The van der Waals surface area contributed by atoms with Crippen molar-refractivity contribution in [1.82, 2.24) is 14.8 Å². The molecule has 3 atom stereocenters. The molecule has 1 spiro atoms. The van der Waals surface area contributed by atoms with Crippen LogP contribution in [0.15, 0.2) is 28.9 Å². The number of allylic oxidation sites excluding steroid dienone is 1. The Morgan fingerprint density at radius 1 is 1.24 bits per heavy atom. The molecule has 4 rings (SSSR count). The predicted octanol–water partition coefficient (Wildman–Crippen LogP) is 4.29. The van der Waals surface area contributed by atoms with E-state index in [-0.39, 0.29) is 29.7 Å². The summed E-state index contributed by atoms with van der Waals surface area (Å²) in [6.07, 6.45) is 8.19. The van der Waals surface area contributed by atoms with Crippen molar-refractivity contribution in [3.63, 3.8) is 0 Å². The minimum Gasteiger partial charge on any atom is -0.444 e. The topological polar surface area (TPSA) is 91.8 Å². The molecule has 8 nitrogen and oxygen atoms in total. The Hall–Kier alpha value is -2.42. The molecule has 1 aromatic rings. The largest absolute Gasteiger partial charge is 0.444 e. The third kappa shape index (κ3) is 5.29. The summed E-state index contributed by atoms with van der Waals surface area (Å²) in [4.78, 5) is 47.2. The number of hydrogen-bond acceptors (Lipinski definition) is 5. The van der Waals surface area contributed by atoms with Crippen molar-refractivity contribution >= 4 is 39.7 Å². The number of amides is 3. The van der Waals surface area contributed by atoms with Crippen molar-refractivity contribution in [1.29, 1.82) is 0 Å². The second-order valence-electron chi connectivity index (χ2n) is 10.6. The van der Waals surface area contributed by atoms with E-state index in [9.17, 15) is 14.4 Å². The maximum absolute atomic E-state index is 13.5. The van der Waals surface area contributed by atoms with E-state index in [2.05, 4.69) is 38.4 Å². The lowest BCUT2D eigenvalue weighted by Crippen LogP contribution is -2.47. The molecule has 0 aromatic carbocycles. The smallest absolute Gasteiger partial charge is 0.411 e. The number of likely N-dealkylation sites (N-methyl/N-ethyl adjacent to an activating group) is 1. The standard InChI is InChI=1S/C25H33BrN4O4/c1-24(2,3)34-23(33)30-17-14-25(15-18(25)30)11-7-5-6-8-12-29(4)20(31)13-16-9-10-19(26)27-21(16)28-22(17)32/h7,9-11,17-18H,5-6,8,12-15H2,1-4H3,(H,27,28,32)/b11-7+/t17-,18+,25-/m0/s1. The maximum atomic E-state index is 13.5. The molecule has 184 valence electrons. The summed E-state index contributed by atoms with van der Waals surface area (Å²) >= 11 is 3.36. The van der Waals surface area contributed by atoms with Crippen LogP contribution in [0.2, 0.25) is 0 Å². The van der Waals surface area contributed by atoms with E-state index in [0.29, 0.717) is 29.0 Å². The van der Waals surface area contributed by atoms with Crippen LogP contribution in [0, 0.1) is 5.41 Å². The number of piperidine rings is 1. The Morgan fingerprint density at radius 2 is 2.00 bits per heavy atom. The molecular weight excluding hydrogens is 500 g/mol. The quantitative estimate of drug-likeness (QED) is 0.397. The van der Waals surface area contributed by atoms with Crippen molar-refractivity contribution in [2.75, 3.05) is 18.9 Å². The molecule has 1 N–H and O–H groups in total. The number of pyridine rings is 1. The average Bonchev–Trinajstić information content (AvgIpc) is 3.33. The number of anilines is 1. The van der Waals surface area contributed by atoms with Gasteiger partial charge in [0.15, 0.2) is 0 Å². The zero-order valence-electron chi connectivity index (χ0n) is 20.3. The first-order valence-corrected chi connectivity index (χ1v) is 12.7. The molecule has 1 saturated carbocycles. The van der Waals surface area contributed by atoms with Crippen LogP contribution in [0.25, 0.3) is 0 Å². The number of nitrogens with zero attached hydrogens (tertiary/aromatic N) is 3. The molecular formula is C25H33BrN4O4. The van der Waals surface area contributed by atoms with Crippen molar-refractivity contribution in [2.24, 2.45) is 5.41 Å². The van der Waals surface area contributed by atoms with Crippen LogP contribution in [0.1, 0.15) is 58.4 Å². The Labute approximate surface area is 209 Å². The van der Waals surface area contributed by atoms with Crippen LogP contribution in [0.4, 0.5) is 10.6 Å². The number of likely N-dealkylation sites (tertiary alicyclic amines) is 1. The number of rotatable bonds is 0. The van der Waals surface area contributed by atoms with E-state index in [1.165, 1.54) is 0 Å². The number of carbonyl (C=O) groups excluding carboxylic acids is 3. The minimum absolute atomic E-state index is 0.0290. The zero-order valence-corrected chi connectivity index (χ0v) is 21.9. The molecule has 2 bridgehead atoms. The lowest BCUT2D eigenvalue weighted by Gasteiger charge is -2.30. The van der Waals surface area contributed by atoms with Gasteiger partial charge in [-0.25, -0.2) is 9.78 Å². The van der Waals surface area contributed by atoms with E-state index < -0.39 is 17.7 Å². The first-order chi connectivity index (χ1) is 16.0. The van der Waals surface area contributed by atoms with Gasteiger partial charge >= 0.3 is 6.09 Å². The summed E-state index contributed by atoms with van der Waals surface area (Å²) in [5, 5.41) is 2.91. The fourth-order valence-corrected chi connectivity index (χ4v) is 5.18. The Bertz CT molecular complexity index is 1020. The van der Waals surface area contributed by atoms with Crippen LogP contribution < -0.4 is 5.32 Å². The molecule has 1 saturated heterocycles. The summed E-state index contributed by atoms with van der Waals surface area (Å²) in [6.45, 7) is 6.15. The van der Waals surface area contributed by atoms with Crippen molar-refractivity contribution in [2.45, 2.75) is 77.0 Å². The second kappa shape index (κ2) is 9.32. The van der Waals surface area contributed by atoms with E-state index in [4.69, 9.17) is 4.74 Å². The van der Waals surface area contributed by atoms with Crippen LogP contribution in [-0.4, -0.2) is 64.0 Å². The molecule has 1 aromatic heterocycles. The molecule has 3 amide bonds. The van der Waals surface area contributed by atoms with Gasteiger partial charge in [0.2, 0.25) is 11.8 Å². The third-order valence-corrected chi connectivity index (χ3v) is 7.19. The number of aromatic nitrogens is 1. The monoisotopic (exact) mass is 532 g/mol. The summed E-state index contributed by atoms with van der Waals surface area (Å²) in [5.41, 5.74) is -0.201. The first kappa shape index (κ1) is 24.7. The molecule has 3 heterocycles. The Morgan fingerprint density at radius 3 is 2.74 bits per heavy atom. The van der Waals surface area contributed by atoms with E-state index in [1.54, 1.807) is 29.0 Å². The third-order valence-electron chi connectivity index (χ3n) is 6.75. The van der Waals surface area contributed by atoms with E-state index in [1.807, 2.05) is 20.8 Å². The lowest BCUT2D eigenvalue weighted by atomic mass is 9.97. The maximum Gasteiger partial charge on any atom is 0.411 e. The lowest BCUT2D eigenvalue weighted by molar-refractivity contribution is -0.129. The molecule has 0 radical (unpaired) electrons. The number of hydrogen-bond donors (Lipinski definition) is 1. The van der Waals surface area contributed by atoms with Gasteiger partial charge < -0.3 is 15.0 Å². The molecule has 0 unspecified atom stereocenters. The number of carbonyl (C=O) groups is 3. The molecule has 1 aliphatic carbocycles. The van der Waals surface area contributed by atoms with Gasteiger partial charge in [-0.2, -0.15) is 0 Å². The van der Waals surface area contributed by atoms with Gasteiger partial charge in [-0.05, 0) is 74.9 Å². The number of halogens is 1. The summed E-state index contributed by atoms with van der Waals surface area (Å²) in [7, 11) is 1.80. The van der Waals surface area contributed by atoms with Crippen LogP contribution in [0.3, 0.4) is 0 Å². The van der Waals surface area contributed by atoms with Gasteiger partial charge in [0.05, 0.1) is 6.42 Å². The fraction of sp³-hybridized carbons (Fsp3) is 0.600. The van der Waals surface area contributed by atoms with Gasteiger partial charge in [0, 0.05) is 30.6 Å². The fourth-order valence-electron chi connectivity index (χ4n) is 4.87. The zero-order chi connectivity index (χ0) is 24.7. The highest BCUT2D eigenvalue weighted by Crippen LogP contribution is 2.61. The average molecular weight is 533 g/mol. The van der Waals surface area contributed by atoms with Crippen LogP contribution in [-0.2, 0) is 20.7 Å². The van der Waals surface area contributed by atoms with Crippen LogP contribution >= 0.6 is 15.9 Å². The Balaban J connectivity index is 1.66. The SMILES string of the molecule is CN1CCCC/C=C/[C@@]23C[C@@H](C(=O)Nc4nc(Br)ccc4CC1=O)N(C(=O)OC(C)(C)C)[C@@H]2C3. The highest BCUT2D eigenvalue weighted by molar-refractivity contribution is 9.10. The normalized spacial score (nSPS) is 28.6. The van der Waals surface area contributed by atoms with Crippen molar-refractivity contribution in [3.05, 3.63) is 34.5 Å².